The SMILES string of the molecule is CC(C)c1c(C(=O)N2CCCC2)cnn1-c1cccc(Cl)c1. The first kappa shape index (κ1) is 15.1. The molecule has 1 fully saturated rings. The molecule has 1 saturated heterocycles. The van der Waals surface area contributed by atoms with E-state index in [0.29, 0.717) is 10.6 Å². The summed E-state index contributed by atoms with van der Waals surface area (Å²) in [5.74, 6) is 0.289. The van der Waals surface area contributed by atoms with Gasteiger partial charge in [-0.25, -0.2) is 4.68 Å². The minimum atomic E-state index is 0.0921. The van der Waals surface area contributed by atoms with Crippen molar-refractivity contribution < 1.29 is 4.79 Å². The Balaban J connectivity index is 2.04. The first-order valence-corrected chi connectivity index (χ1v) is 8.09. The Morgan fingerprint density at radius 2 is 2.00 bits per heavy atom. The van der Waals surface area contributed by atoms with Gasteiger partial charge in [-0.15, -0.1) is 0 Å². The van der Waals surface area contributed by atoms with Crippen LogP contribution in [-0.2, 0) is 0 Å². The molecule has 4 nitrogen and oxygen atoms in total. The van der Waals surface area contributed by atoms with Crippen molar-refractivity contribution in [2.24, 2.45) is 0 Å². The van der Waals surface area contributed by atoms with Crippen molar-refractivity contribution in [3.63, 3.8) is 0 Å². The molecule has 1 aromatic carbocycles. The number of carbonyl (C=O) groups is 1. The van der Waals surface area contributed by atoms with E-state index in [1.165, 1.54) is 0 Å². The number of aromatic nitrogens is 2. The molecular weight excluding hydrogens is 298 g/mol. The zero-order valence-corrected chi connectivity index (χ0v) is 13.7. The molecule has 1 aliphatic heterocycles. The summed E-state index contributed by atoms with van der Waals surface area (Å²) in [6.45, 7) is 5.86. The van der Waals surface area contributed by atoms with Gasteiger partial charge in [0.05, 0.1) is 23.1 Å². The minimum absolute atomic E-state index is 0.0921. The number of nitrogens with zero attached hydrogens (tertiary/aromatic N) is 3. The Bertz CT molecular complexity index is 687. The molecule has 0 bridgehead atoms. The van der Waals surface area contributed by atoms with Gasteiger partial charge in [0.15, 0.2) is 0 Å². The fourth-order valence-electron chi connectivity index (χ4n) is 2.98. The average molecular weight is 318 g/mol. The lowest BCUT2D eigenvalue weighted by Gasteiger charge is -2.17. The van der Waals surface area contributed by atoms with Crippen LogP contribution in [0, 0.1) is 0 Å². The third-order valence-electron chi connectivity index (χ3n) is 4.03. The third kappa shape index (κ3) is 2.75. The molecule has 5 heteroatoms. The molecule has 0 saturated carbocycles. The van der Waals surface area contributed by atoms with Gasteiger partial charge in [-0.05, 0) is 37.0 Å². The van der Waals surface area contributed by atoms with E-state index in [-0.39, 0.29) is 11.8 Å². The highest BCUT2D eigenvalue weighted by molar-refractivity contribution is 6.30. The molecule has 116 valence electrons. The largest absolute Gasteiger partial charge is 0.339 e. The molecule has 1 aromatic heterocycles. The lowest BCUT2D eigenvalue weighted by Crippen LogP contribution is -2.28. The van der Waals surface area contributed by atoms with Crippen molar-refractivity contribution in [2.75, 3.05) is 13.1 Å². The zero-order chi connectivity index (χ0) is 15.7. The number of halogens is 1. The van der Waals surface area contributed by atoms with E-state index < -0.39 is 0 Å². The molecule has 1 aliphatic rings. The van der Waals surface area contributed by atoms with Crippen molar-refractivity contribution in [3.8, 4) is 5.69 Å². The maximum atomic E-state index is 12.7. The molecule has 2 heterocycles. The van der Waals surface area contributed by atoms with Crippen LogP contribution in [0.15, 0.2) is 30.5 Å². The van der Waals surface area contributed by atoms with E-state index in [2.05, 4.69) is 18.9 Å². The summed E-state index contributed by atoms with van der Waals surface area (Å²) >= 11 is 6.08. The van der Waals surface area contributed by atoms with Gasteiger partial charge in [0.25, 0.3) is 5.91 Å². The first-order valence-electron chi connectivity index (χ1n) is 7.71. The summed E-state index contributed by atoms with van der Waals surface area (Å²) in [5.41, 5.74) is 2.53. The van der Waals surface area contributed by atoms with Gasteiger partial charge >= 0.3 is 0 Å². The Morgan fingerprint density at radius 3 is 2.64 bits per heavy atom. The van der Waals surface area contributed by atoms with E-state index >= 15 is 0 Å². The number of benzene rings is 1. The smallest absolute Gasteiger partial charge is 0.257 e. The second-order valence-electron chi connectivity index (χ2n) is 5.99. The van der Waals surface area contributed by atoms with Gasteiger partial charge in [-0.2, -0.15) is 5.10 Å². The van der Waals surface area contributed by atoms with Crippen LogP contribution in [0.2, 0.25) is 5.02 Å². The summed E-state index contributed by atoms with van der Waals surface area (Å²) in [4.78, 5) is 14.7. The molecule has 22 heavy (non-hydrogen) atoms. The van der Waals surface area contributed by atoms with Crippen molar-refractivity contribution in [1.82, 2.24) is 14.7 Å². The number of carbonyl (C=O) groups excluding carboxylic acids is 1. The summed E-state index contributed by atoms with van der Waals surface area (Å²) in [7, 11) is 0. The molecule has 0 radical (unpaired) electrons. The van der Waals surface area contributed by atoms with Crippen LogP contribution in [-0.4, -0.2) is 33.7 Å². The highest BCUT2D eigenvalue weighted by Crippen LogP contribution is 2.26. The van der Waals surface area contributed by atoms with Crippen LogP contribution in [0.1, 0.15) is 48.7 Å². The summed E-state index contributed by atoms with van der Waals surface area (Å²) in [5, 5.41) is 5.11. The van der Waals surface area contributed by atoms with Crippen molar-refractivity contribution in [3.05, 3.63) is 46.7 Å². The lowest BCUT2D eigenvalue weighted by atomic mass is 10.0. The molecule has 0 atom stereocenters. The second-order valence-corrected chi connectivity index (χ2v) is 6.43. The summed E-state index contributed by atoms with van der Waals surface area (Å²) in [6, 6.07) is 7.55. The van der Waals surface area contributed by atoms with Crippen LogP contribution in [0.3, 0.4) is 0 Å². The molecule has 2 aromatic rings. The first-order chi connectivity index (χ1) is 10.6. The monoisotopic (exact) mass is 317 g/mol. The highest BCUT2D eigenvalue weighted by Gasteiger charge is 2.26. The van der Waals surface area contributed by atoms with E-state index in [9.17, 15) is 4.79 Å². The molecule has 0 unspecified atom stereocenters. The maximum absolute atomic E-state index is 12.7. The maximum Gasteiger partial charge on any atom is 0.257 e. The van der Waals surface area contributed by atoms with E-state index in [1.54, 1.807) is 6.20 Å². The minimum Gasteiger partial charge on any atom is -0.339 e. The van der Waals surface area contributed by atoms with Crippen LogP contribution >= 0.6 is 11.6 Å². The summed E-state index contributed by atoms with van der Waals surface area (Å²) in [6.07, 6.45) is 3.87. The Kier molecular flexibility index (Phi) is 4.21. The topological polar surface area (TPSA) is 38.1 Å². The molecular formula is C17H20ClN3O. The molecule has 0 aliphatic carbocycles. The van der Waals surface area contributed by atoms with Crippen molar-refractivity contribution >= 4 is 17.5 Å². The van der Waals surface area contributed by atoms with E-state index in [1.807, 2.05) is 33.8 Å². The van der Waals surface area contributed by atoms with E-state index in [4.69, 9.17) is 11.6 Å². The fraction of sp³-hybridized carbons (Fsp3) is 0.412. The van der Waals surface area contributed by atoms with Gasteiger partial charge in [0, 0.05) is 18.1 Å². The van der Waals surface area contributed by atoms with Gasteiger partial charge in [0.2, 0.25) is 0 Å². The Labute approximate surface area is 135 Å². The highest BCUT2D eigenvalue weighted by atomic mass is 35.5. The molecule has 3 rings (SSSR count). The Hall–Kier alpha value is -1.81. The second kappa shape index (κ2) is 6.13. The predicted octanol–water partition coefficient (Wildman–Crippen LogP) is 3.89. The fourth-order valence-corrected chi connectivity index (χ4v) is 3.17. The van der Waals surface area contributed by atoms with Crippen LogP contribution in [0.5, 0.6) is 0 Å². The van der Waals surface area contributed by atoms with Crippen LogP contribution in [0.4, 0.5) is 0 Å². The number of hydrogen-bond acceptors (Lipinski definition) is 2. The van der Waals surface area contributed by atoms with Gasteiger partial charge < -0.3 is 4.90 Å². The molecule has 0 N–H and O–H groups in total. The number of amides is 1. The molecule has 1 amide bonds. The zero-order valence-electron chi connectivity index (χ0n) is 12.9. The number of likely N-dealkylation sites (tertiary alicyclic amines) is 1. The van der Waals surface area contributed by atoms with Crippen LogP contribution < -0.4 is 0 Å². The van der Waals surface area contributed by atoms with Gasteiger partial charge in [0.1, 0.15) is 0 Å². The average Bonchev–Trinajstić information content (AvgIpc) is 3.16. The van der Waals surface area contributed by atoms with Crippen molar-refractivity contribution in [2.45, 2.75) is 32.6 Å². The van der Waals surface area contributed by atoms with Gasteiger partial charge in [-0.1, -0.05) is 31.5 Å². The van der Waals surface area contributed by atoms with Crippen LogP contribution in [0.25, 0.3) is 5.69 Å². The molecule has 0 spiro atoms. The normalized spacial score (nSPS) is 14.8. The lowest BCUT2D eigenvalue weighted by molar-refractivity contribution is 0.0791. The standard InChI is InChI=1S/C17H20ClN3O/c1-12(2)16-15(17(22)20-8-3-4-9-20)11-19-21(16)14-7-5-6-13(18)10-14/h5-7,10-12H,3-4,8-9H2,1-2H3. The quantitative estimate of drug-likeness (QED) is 0.861. The number of rotatable bonds is 3. The predicted molar refractivity (Wildman–Crippen MR) is 87.8 cm³/mol. The number of hydrogen-bond donors (Lipinski definition) is 0. The Morgan fingerprint density at radius 1 is 1.27 bits per heavy atom. The van der Waals surface area contributed by atoms with E-state index in [0.717, 1.165) is 37.3 Å². The van der Waals surface area contributed by atoms with Gasteiger partial charge in [-0.3, -0.25) is 4.79 Å². The summed E-state index contributed by atoms with van der Waals surface area (Å²) < 4.78 is 1.83. The third-order valence-corrected chi connectivity index (χ3v) is 4.26. The van der Waals surface area contributed by atoms with Crippen molar-refractivity contribution in [1.29, 1.82) is 0 Å².